The molecule has 0 atom stereocenters. The first-order valence-corrected chi connectivity index (χ1v) is 12.3. The van der Waals surface area contributed by atoms with Crippen LogP contribution in [0.1, 0.15) is 11.3 Å². The Morgan fingerprint density at radius 3 is 2.74 bits per heavy atom. The largest absolute Gasteiger partial charge is 0.457 e. The molecule has 4 rings (SSSR count). The SMILES string of the molecule is CSc1cccc(NC(=O)CN2C(=O)S/C(=C/c3ccc(-c4ccc(C)c([N+](=O)[O-])c4)o3)C2=O)c1. The lowest BCUT2D eigenvalue weighted by Gasteiger charge is -2.12. The summed E-state index contributed by atoms with van der Waals surface area (Å²) in [6, 6.07) is 15.2. The third kappa shape index (κ3) is 5.47. The third-order valence-electron chi connectivity index (χ3n) is 5.12. The predicted molar refractivity (Wildman–Crippen MR) is 135 cm³/mol. The van der Waals surface area contributed by atoms with Crippen molar-refractivity contribution in [2.24, 2.45) is 0 Å². The number of nitro groups is 1. The first-order chi connectivity index (χ1) is 16.7. The van der Waals surface area contributed by atoms with Gasteiger partial charge in [0.2, 0.25) is 5.91 Å². The lowest BCUT2D eigenvalue weighted by Crippen LogP contribution is -2.36. The van der Waals surface area contributed by atoms with Crippen molar-refractivity contribution >= 4 is 58.0 Å². The molecule has 0 radical (unpaired) electrons. The zero-order valence-electron chi connectivity index (χ0n) is 18.6. The maximum atomic E-state index is 12.8. The van der Waals surface area contributed by atoms with E-state index < -0.39 is 28.5 Å². The van der Waals surface area contributed by atoms with Gasteiger partial charge in [0.15, 0.2) is 0 Å². The minimum atomic E-state index is -0.600. The molecule has 2 heterocycles. The molecular formula is C24H19N3O6S2. The standard InChI is InChI=1S/C24H19N3O6S2/c1-14-6-7-15(10-19(14)27(31)32)20-9-8-17(33-20)12-21-23(29)26(24(30)35-21)13-22(28)25-16-4-3-5-18(11-16)34-2/h3-12H,13H2,1-2H3,(H,25,28)/b21-12+. The van der Waals surface area contributed by atoms with Gasteiger partial charge < -0.3 is 9.73 Å². The van der Waals surface area contributed by atoms with Crippen molar-refractivity contribution in [3.05, 3.63) is 80.9 Å². The summed E-state index contributed by atoms with van der Waals surface area (Å²) in [5.74, 6) is -0.414. The number of imide groups is 1. The highest BCUT2D eigenvalue weighted by Crippen LogP contribution is 2.34. The minimum absolute atomic E-state index is 0.0278. The number of nitrogens with one attached hydrogen (secondary N) is 1. The van der Waals surface area contributed by atoms with Crippen molar-refractivity contribution < 1.29 is 23.7 Å². The number of nitro benzene ring substituents is 1. The van der Waals surface area contributed by atoms with Gasteiger partial charge in [-0.2, -0.15) is 0 Å². The van der Waals surface area contributed by atoms with Gasteiger partial charge in [-0.05, 0) is 55.3 Å². The van der Waals surface area contributed by atoms with Crippen LogP contribution in [0.4, 0.5) is 16.2 Å². The van der Waals surface area contributed by atoms with Gasteiger partial charge in [-0.3, -0.25) is 29.4 Å². The van der Waals surface area contributed by atoms with Crippen LogP contribution in [0.2, 0.25) is 0 Å². The Bertz CT molecular complexity index is 1380. The van der Waals surface area contributed by atoms with Crippen LogP contribution < -0.4 is 5.32 Å². The first kappa shape index (κ1) is 24.3. The second-order valence-corrected chi connectivity index (χ2v) is 9.38. The van der Waals surface area contributed by atoms with E-state index in [1.165, 1.54) is 23.9 Å². The Morgan fingerprint density at radius 1 is 1.20 bits per heavy atom. The van der Waals surface area contributed by atoms with Crippen molar-refractivity contribution in [3.63, 3.8) is 0 Å². The smallest absolute Gasteiger partial charge is 0.294 e. The van der Waals surface area contributed by atoms with Gasteiger partial charge in [-0.25, -0.2) is 0 Å². The zero-order valence-corrected chi connectivity index (χ0v) is 20.3. The van der Waals surface area contributed by atoms with Crippen LogP contribution in [0.3, 0.4) is 0 Å². The number of furan rings is 1. The molecule has 1 saturated heterocycles. The van der Waals surface area contributed by atoms with Crippen LogP contribution in [0.5, 0.6) is 0 Å². The van der Waals surface area contributed by atoms with Crippen LogP contribution in [-0.2, 0) is 9.59 Å². The summed E-state index contributed by atoms with van der Waals surface area (Å²) in [4.78, 5) is 50.3. The van der Waals surface area contributed by atoms with Gasteiger partial charge in [0, 0.05) is 33.9 Å². The fraction of sp³-hybridized carbons (Fsp3) is 0.125. The van der Waals surface area contributed by atoms with E-state index in [0.717, 1.165) is 9.80 Å². The number of carbonyl (C=O) groups excluding carboxylic acids is 3. The van der Waals surface area contributed by atoms with Gasteiger partial charge in [-0.1, -0.05) is 18.2 Å². The second kappa shape index (κ2) is 10.2. The number of hydrogen-bond acceptors (Lipinski definition) is 8. The maximum absolute atomic E-state index is 12.8. The first-order valence-electron chi connectivity index (χ1n) is 10.3. The number of thioether (sulfide) groups is 2. The van der Waals surface area contributed by atoms with Crippen molar-refractivity contribution in [2.75, 3.05) is 18.1 Å². The van der Waals surface area contributed by atoms with E-state index in [9.17, 15) is 24.5 Å². The fourth-order valence-electron chi connectivity index (χ4n) is 3.36. The number of aryl methyl sites for hydroxylation is 1. The Kier molecular flexibility index (Phi) is 7.08. The average Bonchev–Trinajstić information content (AvgIpc) is 3.39. The molecule has 1 aromatic heterocycles. The monoisotopic (exact) mass is 509 g/mol. The lowest BCUT2D eigenvalue weighted by molar-refractivity contribution is -0.385. The molecule has 1 N–H and O–H groups in total. The number of benzene rings is 2. The average molecular weight is 510 g/mol. The summed E-state index contributed by atoms with van der Waals surface area (Å²) in [6.07, 6.45) is 3.33. The van der Waals surface area contributed by atoms with Crippen LogP contribution in [-0.4, -0.2) is 39.7 Å². The van der Waals surface area contributed by atoms with Gasteiger partial charge in [0.1, 0.15) is 18.1 Å². The van der Waals surface area contributed by atoms with E-state index in [1.807, 2.05) is 12.3 Å². The van der Waals surface area contributed by atoms with Crippen molar-refractivity contribution in [1.29, 1.82) is 0 Å². The third-order valence-corrected chi connectivity index (χ3v) is 6.75. The molecule has 2 aromatic carbocycles. The van der Waals surface area contributed by atoms with Crippen molar-refractivity contribution in [1.82, 2.24) is 4.90 Å². The summed E-state index contributed by atoms with van der Waals surface area (Å²) < 4.78 is 5.73. The van der Waals surface area contributed by atoms with E-state index in [0.29, 0.717) is 40.1 Å². The van der Waals surface area contributed by atoms with Crippen LogP contribution >= 0.6 is 23.5 Å². The van der Waals surface area contributed by atoms with Gasteiger partial charge in [0.05, 0.1) is 9.83 Å². The summed E-state index contributed by atoms with van der Waals surface area (Å²) in [5.41, 5.74) is 1.58. The summed E-state index contributed by atoms with van der Waals surface area (Å²) in [7, 11) is 0. The number of anilines is 1. The molecule has 0 spiro atoms. The molecule has 11 heteroatoms. The van der Waals surface area contributed by atoms with Crippen LogP contribution in [0, 0.1) is 17.0 Å². The number of hydrogen-bond donors (Lipinski definition) is 1. The van der Waals surface area contributed by atoms with Gasteiger partial charge in [-0.15, -0.1) is 11.8 Å². The molecule has 1 fully saturated rings. The predicted octanol–water partition coefficient (Wildman–Crippen LogP) is 5.56. The van der Waals surface area contributed by atoms with Crippen molar-refractivity contribution in [2.45, 2.75) is 11.8 Å². The molecular weight excluding hydrogens is 490 g/mol. The van der Waals surface area contributed by atoms with E-state index in [1.54, 1.807) is 49.4 Å². The topological polar surface area (TPSA) is 123 Å². The van der Waals surface area contributed by atoms with E-state index >= 15 is 0 Å². The molecule has 0 saturated carbocycles. The second-order valence-electron chi connectivity index (χ2n) is 7.51. The summed E-state index contributed by atoms with van der Waals surface area (Å²) in [6.45, 7) is 1.23. The Labute approximate surface area is 208 Å². The van der Waals surface area contributed by atoms with Crippen LogP contribution in [0.15, 0.2) is 68.8 Å². The van der Waals surface area contributed by atoms with Gasteiger partial charge >= 0.3 is 0 Å². The molecule has 178 valence electrons. The van der Waals surface area contributed by atoms with E-state index in [4.69, 9.17) is 4.42 Å². The molecule has 1 aliphatic rings. The minimum Gasteiger partial charge on any atom is -0.457 e. The summed E-state index contributed by atoms with van der Waals surface area (Å²) in [5, 5.41) is 13.3. The molecule has 0 bridgehead atoms. The van der Waals surface area contributed by atoms with Gasteiger partial charge in [0.25, 0.3) is 16.8 Å². The van der Waals surface area contributed by atoms with E-state index in [-0.39, 0.29) is 10.6 Å². The molecule has 35 heavy (non-hydrogen) atoms. The lowest BCUT2D eigenvalue weighted by atomic mass is 10.1. The highest BCUT2D eigenvalue weighted by molar-refractivity contribution is 8.18. The highest BCUT2D eigenvalue weighted by Gasteiger charge is 2.36. The maximum Gasteiger partial charge on any atom is 0.294 e. The normalized spacial score (nSPS) is 14.6. The molecule has 0 unspecified atom stereocenters. The number of amides is 3. The Hall–Kier alpha value is -3.83. The molecule has 3 aromatic rings. The molecule has 3 amide bonds. The Balaban J connectivity index is 1.46. The number of carbonyl (C=O) groups is 3. The quantitative estimate of drug-likeness (QED) is 0.190. The van der Waals surface area contributed by atoms with Crippen molar-refractivity contribution in [3.8, 4) is 11.3 Å². The van der Waals surface area contributed by atoms with E-state index in [2.05, 4.69) is 5.32 Å². The Morgan fingerprint density at radius 2 is 2.00 bits per heavy atom. The summed E-state index contributed by atoms with van der Waals surface area (Å²) >= 11 is 2.24. The van der Waals surface area contributed by atoms with Crippen LogP contribution in [0.25, 0.3) is 17.4 Å². The number of nitrogens with zero attached hydrogens (tertiary/aromatic N) is 2. The fourth-order valence-corrected chi connectivity index (χ4v) is 4.63. The highest BCUT2D eigenvalue weighted by atomic mass is 32.2. The molecule has 0 aliphatic carbocycles. The zero-order chi connectivity index (χ0) is 25.1. The molecule has 1 aliphatic heterocycles. The number of rotatable bonds is 7. The molecule has 9 nitrogen and oxygen atoms in total.